The van der Waals surface area contributed by atoms with Gasteiger partial charge in [0.1, 0.15) is 0 Å². The molecular weight excluding hydrogens is 233 g/mol. The Bertz CT molecular complexity index is 375. The molecule has 3 nitrogen and oxygen atoms in total. The van der Waals surface area contributed by atoms with Crippen molar-refractivity contribution in [1.82, 2.24) is 0 Å². The first-order valence-corrected chi connectivity index (χ1v) is 5.22. The molecule has 1 unspecified atom stereocenters. The fourth-order valence-corrected chi connectivity index (χ4v) is 1.40. The van der Waals surface area contributed by atoms with Crippen LogP contribution in [0.4, 0.5) is 24.5 Å². The molecule has 1 aromatic carbocycles. The fraction of sp³-hybridized carbons (Fsp3) is 0.455. The number of nitrogens with one attached hydrogen (secondary N) is 1. The minimum Gasteiger partial charge on any atom is -0.398 e. The Hall–Kier alpha value is -1.43. The number of alkyl halides is 3. The van der Waals surface area contributed by atoms with Gasteiger partial charge in [0.25, 0.3) is 0 Å². The third-order valence-electron chi connectivity index (χ3n) is 2.44. The van der Waals surface area contributed by atoms with Gasteiger partial charge in [0.2, 0.25) is 0 Å². The maximum Gasteiger partial charge on any atom is 0.418 e. The smallest absolute Gasteiger partial charge is 0.398 e. The molecule has 0 aromatic heterocycles. The van der Waals surface area contributed by atoms with Gasteiger partial charge in [-0.15, -0.1) is 0 Å². The Morgan fingerprint density at radius 3 is 2.53 bits per heavy atom. The third-order valence-corrected chi connectivity index (χ3v) is 2.44. The number of aliphatic hydroxyl groups is 1. The Morgan fingerprint density at radius 1 is 1.41 bits per heavy atom. The molecule has 0 amide bonds. The lowest BCUT2D eigenvalue weighted by Gasteiger charge is -2.17. The number of benzene rings is 1. The number of hydrogen-bond acceptors (Lipinski definition) is 3. The molecule has 0 aliphatic carbocycles. The molecule has 1 aromatic rings. The van der Waals surface area contributed by atoms with Crippen molar-refractivity contribution in [3.05, 3.63) is 23.8 Å². The van der Waals surface area contributed by atoms with E-state index in [1.807, 2.05) is 6.92 Å². The van der Waals surface area contributed by atoms with E-state index in [9.17, 15) is 13.2 Å². The molecule has 0 aliphatic heterocycles. The predicted molar refractivity (Wildman–Crippen MR) is 60.6 cm³/mol. The number of hydrogen-bond donors (Lipinski definition) is 3. The Morgan fingerprint density at radius 2 is 2.06 bits per heavy atom. The van der Waals surface area contributed by atoms with Crippen LogP contribution in [-0.2, 0) is 6.18 Å². The van der Waals surface area contributed by atoms with Crippen LogP contribution >= 0.6 is 0 Å². The van der Waals surface area contributed by atoms with E-state index in [0.29, 0.717) is 12.1 Å². The van der Waals surface area contributed by atoms with Crippen molar-refractivity contribution in [3.63, 3.8) is 0 Å². The molecule has 6 heteroatoms. The quantitative estimate of drug-likeness (QED) is 0.717. The third kappa shape index (κ3) is 3.52. The molecule has 4 N–H and O–H groups in total. The van der Waals surface area contributed by atoms with Gasteiger partial charge in [-0.3, -0.25) is 0 Å². The predicted octanol–water partition coefficient (Wildman–Crippen LogP) is 2.47. The second-order valence-electron chi connectivity index (χ2n) is 3.73. The van der Waals surface area contributed by atoms with Crippen molar-refractivity contribution in [2.75, 3.05) is 17.7 Å². The highest BCUT2D eigenvalue weighted by Gasteiger charge is 2.33. The van der Waals surface area contributed by atoms with E-state index in [1.165, 1.54) is 12.1 Å². The largest absolute Gasteiger partial charge is 0.418 e. The molecular formula is C11H15F3N2O. The fourth-order valence-electron chi connectivity index (χ4n) is 1.40. The first kappa shape index (κ1) is 13.6. The highest BCUT2D eigenvalue weighted by atomic mass is 19.4. The summed E-state index contributed by atoms with van der Waals surface area (Å²) in [6, 6.07) is 3.35. The molecule has 0 saturated heterocycles. The number of aliphatic hydroxyl groups excluding tert-OH is 1. The van der Waals surface area contributed by atoms with Gasteiger partial charge in [-0.1, -0.05) is 6.92 Å². The molecule has 0 fully saturated rings. The van der Waals surface area contributed by atoms with Gasteiger partial charge in [-0.05, 0) is 24.6 Å². The first-order chi connectivity index (χ1) is 7.88. The van der Waals surface area contributed by atoms with Crippen molar-refractivity contribution in [2.45, 2.75) is 25.6 Å². The second-order valence-corrected chi connectivity index (χ2v) is 3.73. The van der Waals surface area contributed by atoms with Crippen molar-refractivity contribution >= 4 is 11.4 Å². The summed E-state index contributed by atoms with van der Waals surface area (Å²) in [6.07, 6.45) is -3.86. The number of nitrogen functional groups attached to an aromatic ring is 1. The Kier molecular flexibility index (Phi) is 4.22. The van der Waals surface area contributed by atoms with Crippen LogP contribution in [0.5, 0.6) is 0 Å². The van der Waals surface area contributed by atoms with Crippen LogP contribution in [0.3, 0.4) is 0 Å². The number of rotatable bonds is 4. The molecule has 0 spiro atoms. The summed E-state index contributed by atoms with van der Waals surface area (Å²) in [5.41, 5.74) is 4.40. The van der Waals surface area contributed by atoms with Gasteiger partial charge in [0.05, 0.1) is 12.2 Å². The monoisotopic (exact) mass is 248 g/mol. The molecule has 0 saturated carbocycles. The summed E-state index contributed by atoms with van der Waals surface area (Å²) < 4.78 is 37.7. The van der Waals surface area contributed by atoms with Gasteiger partial charge in [0, 0.05) is 17.4 Å². The van der Waals surface area contributed by atoms with Gasteiger partial charge >= 0.3 is 6.18 Å². The minimum atomic E-state index is -4.47. The van der Waals surface area contributed by atoms with Crippen LogP contribution in [0.2, 0.25) is 0 Å². The van der Waals surface area contributed by atoms with Crippen LogP contribution in [0.1, 0.15) is 18.9 Å². The van der Waals surface area contributed by atoms with Crippen LogP contribution in [0.15, 0.2) is 18.2 Å². The van der Waals surface area contributed by atoms with E-state index in [2.05, 4.69) is 5.32 Å². The van der Waals surface area contributed by atoms with E-state index >= 15 is 0 Å². The molecule has 0 heterocycles. The molecule has 17 heavy (non-hydrogen) atoms. The summed E-state index contributed by atoms with van der Waals surface area (Å²) in [7, 11) is 0. The summed E-state index contributed by atoms with van der Waals surface area (Å²) >= 11 is 0. The molecule has 1 atom stereocenters. The Balaban J connectivity index is 2.97. The average molecular weight is 248 g/mol. The maximum absolute atomic E-state index is 12.6. The molecule has 0 aliphatic rings. The van der Waals surface area contributed by atoms with Crippen LogP contribution in [0, 0.1) is 0 Å². The number of nitrogens with two attached hydrogens (primary N) is 1. The van der Waals surface area contributed by atoms with Gasteiger partial charge in [-0.25, -0.2) is 0 Å². The normalized spacial score (nSPS) is 13.5. The van der Waals surface area contributed by atoms with E-state index in [0.717, 1.165) is 6.07 Å². The number of anilines is 2. The maximum atomic E-state index is 12.6. The summed E-state index contributed by atoms with van der Waals surface area (Å²) in [6.45, 7) is 1.69. The second kappa shape index (κ2) is 5.27. The number of halogens is 3. The lowest BCUT2D eigenvalue weighted by molar-refractivity contribution is -0.136. The van der Waals surface area contributed by atoms with Crippen LogP contribution in [0.25, 0.3) is 0 Å². The van der Waals surface area contributed by atoms with Gasteiger partial charge < -0.3 is 16.2 Å². The summed E-state index contributed by atoms with van der Waals surface area (Å²) in [5, 5.41) is 11.8. The van der Waals surface area contributed by atoms with Gasteiger partial charge in [-0.2, -0.15) is 13.2 Å². The Labute approximate surface area is 97.4 Å². The topological polar surface area (TPSA) is 58.3 Å². The first-order valence-electron chi connectivity index (χ1n) is 5.22. The SMILES string of the molecule is CCC(CO)Nc1ccc(N)c(C(F)(F)F)c1. The minimum absolute atomic E-state index is 0.137. The standard InChI is InChI=1S/C11H15F3N2O/c1-2-7(6-17)16-8-3-4-10(15)9(5-8)11(12,13)14/h3-5,7,16-17H,2,6,15H2,1H3. The highest BCUT2D eigenvalue weighted by Crippen LogP contribution is 2.35. The van der Waals surface area contributed by atoms with Crippen LogP contribution < -0.4 is 11.1 Å². The average Bonchev–Trinajstić information content (AvgIpc) is 2.26. The molecule has 96 valence electrons. The summed E-state index contributed by atoms with van der Waals surface area (Å²) in [5.74, 6) is 0. The molecule has 0 bridgehead atoms. The van der Waals surface area contributed by atoms with Crippen LogP contribution in [-0.4, -0.2) is 17.8 Å². The zero-order valence-electron chi connectivity index (χ0n) is 9.38. The zero-order chi connectivity index (χ0) is 13.1. The molecule has 1 rings (SSSR count). The van der Waals surface area contributed by atoms with Crippen molar-refractivity contribution in [3.8, 4) is 0 Å². The lowest BCUT2D eigenvalue weighted by atomic mass is 10.1. The summed E-state index contributed by atoms with van der Waals surface area (Å²) in [4.78, 5) is 0. The van der Waals surface area contributed by atoms with E-state index < -0.39 is 11.7 Å². The molecule has 0 radical (unpaired) electrons. The van der Waals surface area contributed by atoms with Crippen molar-refractivity contribution in [1.29, 1.82) is 0 Å². The van der Waals surface area contributed by atoms with E-state index in [-0.39, 0.29) is 18.3 Å². The van der Waals surface area contributed by atoms with E-state index in [4.69, 9.17) is 10.8 Å². The zero-order valence-corrected chi connectivity index (χ0v) is 9.38. The highest BCUT2D eigenvalue weighted by molar-refractivity contribution is 5.58. The lowest BCUT2D eigenvalue weighted by Crippen LogP contribution is -2.23. The van der Waals surface area contributed by atoms with Crippen molar-refractivity contribution < 1.29 is 18.3 Å². The van der Waals surface area contributed by atoms with Crippen molar-refractivity contribution in [2.24, 2.45) is 0 Å². The van der Waals surface area contributed by atoms with E-state index in [1.54, 1.807) is 0 Å². The van der Waals surface area contributed by atoms with Gasteiger partial charge in [0.15, 0.2) is 0 Å².